The molecule has 1 atom stereocenters. The molecule has 3 rings (SSSR count). The minimum absolute atomic E-state index is 0.0114. The Kier molecular flexibility index (Phi) is 4.73. The number of nitrogens with one attached hydrogen (secondary N) is 1. The number of aryl methyl sites for hydroxylation is 1. The van der Waals surface area contributed by atoms with E-state index in [-0.39, 0.29) is 18.3 Å². The van der Waals surface area contributed by atoms with Gasteiger partial charge in [-0.2, -0.15) is 0 Å². The van der Waals surface area contributed by atoms with Crippen LogP contribution in [-0.2, 0) is 0 Å². The van der Waals surface area contributed by atoms with E-state index in [1.165, 1.54) is 35.6 Å². The topological polar surface area (TPSA) is 75.4 Å². The van der Waals surface area contributed by atoms with Crippen molar-refractivity contribution in [2.45, 2.75) is 13.0 Å². The molecule has 124 valence electrons. The first-order chi connectivity index (χ1) is 11.5. The summed E-state index contributed by atoms with van der Waals surface area (Å²) in [6.45, 7) is 1.81. The third-order valence-corrected chi connectivity index (χ3v) is 4.44. The van der Waals surface area contributed by atoms with E-state index >= 15 is 0 Å². The lowest BCUT2D eigenvalue weighted by Gasteiger charge is -2.11. The van der Waals surface area contributed by atoms with Crippen molar-refractivity contribution in [2.24, 2.45) is 0 Å². The molecule has 24 heavy (non-hydrogen) atoms. The molecule has 0 radical (unpaired) electrons. The molecule has 0 bridgehead atoms. The van der Waals surface area contributed by atoms with Gasteiger partial charge in [0.25, 0.3) is 5.91 Å². The van der Waals surface area contributed by atoms with E-state index in [1.54, 1.807) is 25.3 Å². The number of amides is 1. The van der Waals surface area contributed by atoms with Gasteiger partial charge >= 0.3 is 0 Å². The van der Waals surface area contributed by atoms with Gasteiger partial charge in [0, 0.05) is 11.4 Å². The normalized spacial score (nSPS) is 12.1. The zero-order valence-electron chi connectivity index (χ0n) is 12.8. The Morgan fingerprint density at radius 2 is 2.12 bits per heavy atom. The molecular weight excluding hydrogens is 331 g/mol. The van der Waals surface area contributed by atoms with Crippen LogP contribution < -0.4 is 5.32 Å². The molecule has 0 spiro atoms. The molecule has 3 aromatic rings. The molecule has 0 saturated carbocycles. The summed E-state index contributed by atoms with van der Waals surface area (Å²) >= 11 is 1.36. The van der Waals surface area contributed by atoms with Gasteiger partial charge in [0.15, 0.2) is 10.8 Å². The van der Waals surface area contributed by atoms with Crippen LogP contribution in [0.3, 0.4) is 0 Å². The van der Waals surface area contributed by atoms with Gasteiger partial charge in [0.2, 0.25) is 0 Å². The van der Waals surface area contributed by atoms with Crippen molar-refractivity contribution >= 4 is 17.2 Å². The van der Waals surface area contributed by atoms with E-state index in [9.17, 15) is 14.3 Å². The number of hydrogen-bond donors (Lipinski definition) is 2. The SMILES string of the molecule is Cc1sc(-c2ccco2)nc1C(=O)NCC(O)c1ccc(F)cc1. The minimum Gasteiger partial charge on any atom is -0.462 e. The Labute approximate surface area is 141 Å². The van der Waals surface area contributed by atoms with Crippen LogP contribution in [0.2, 0.25) is 0 Å². The lowest BCUT2D eigenvalue weighted by molar-refractivity contribution is 0.0911. The van der Waals surface area contributed by atoms with Crippen LogP contribution >= 0.6 is 11.3 Å². The molecule has 0 aliphatic carbocycles. The standard InChI is InChI=1S/C17H15FN2O3S/c1-10-15(20-17(24-10)14-3-2-8-23-14)16(22)19-9-13(21)11-4-6-12(18)7-5-11/h2-8,13,21H,9H2,1H3,(H,19,22). The first-order valence-electron chi connectivity index (χ1n) is 7.27. The van der Waals surface area contributed by atoms with Crippen molar-refractivity contribution in [3.05, 3.63) is 64.6 Å². The Bertz CT molecular complexity index is 828. The minimum atomic E-state index is -0.918. The molecule has 0 fully saturated rings. The van der Waals surface area contributed by atoms with E-state index < -0.39 is 6.10 Å². The largest absolute Gasteiger partial charge is 0.462 e. The summed E-state index contributed by atoms with van der Waals surface area (Å²) in [4.78, 5) is 17.3. The summed E-state index contributed by atoms with van der Waals surface area (Å²) in [6.07, 6.45) is 0.628. The Morgan fingerprint density at radius 3 is 2.79 bits per heavy atom. The quantitative estimate of drug-likeness (QED) is 0.743. The van der Waals surface area contributed by atoms with Crippen molar-refractivity contribution in [1.82, 2.24) is 10.3 Å². The highest BCUT2D eigenvalue weighted by Crippen LogP contribution is 2.27. The average Bonchev–Trinajstić information content (AvgIpc) is 3.22. The number of halogens is 1. The molecule has 1 unspecified atom stereocenters. The van der Waals surface area contributed by atoms with Crippen molar-refractivity contribution in [1.29, 1.82) is 0 Å². The number of benzene rings is 1. The summed E-state index contributed by atoms with van der Waals surface area (Å²) in [6, 6.07) is 9.02. The van der Waals surface area contributed by atoms with E-state index in [0.29, 0.717) is 22.0 Å². The fraction of sp³-hybridized carbons (Fsp3) is 0.176. The van der Waals surface area contributed by atoms with Gasteiger partial charge in [-0.1, -0.05) is 12.1 Å². The second-order valence-electron chi connectivity index (χ2n) is 5.18. The Balaban J connectivity index is 1.66. The molecule has 0 saturated heterocycles. The number of aromatic nitrogens is 1. The zero-order chi connectivity index (χ0) is 17.1. The van der Waals surface area contributed by atoms with Crippen molar-refractivity contribution < 1.29 is 18.7 Å². The summed E-state index contributed by atoms with van der Waals surface area (Å²) in [5.41, 5.74) is 0.834. The second-order valence-corrected chi connectivity index (χ2v) is 6.38. The average molecular weight is 346 g/mol. The van der Waals surface area contributed by atoms with E-state index in [0.717, 1.165) is 4.88 Å². The molecule has 2 aromatic heterocycles. The maximum atomic E-state index is 12.9. The molecule has 1 aromatic carbocycles. The number of carbonyl (C=O) groups excluding carboxylic acids is 1. The number of nitrogens with zero attached hydrogens (tertiary/aromatic N) is 1. The van der Waals surface area contributed by atoms with Gasteiger partial charge in [-0.05, 0) is 36.8 Å². The molecule has 5 nitrogen and oxygen atoms in total. The predicted octanol–water partition coefficient (Wildman–Crippen LogP) is 3.31. The predicted molar refractivity (Wildman–Crippen MR) is 88.2 cm³/mol. The number of thiazole rings is 1. The number of aliphatic hydroxyl groups is 1. The molecule has 0 aliphatic heterocycles. The van der Waals surface area contributed by atoms with Crippen LogP contribution in [0.5, 0.6) is 0 Å². The highest BCUT2D eigenvalue weighted by Gasteiger charge is 2.18. The lowest BCUT2D eigenvalue weighted by Crippen LogP contribution is -2.29. The summed E-state index contributed by atoms with van der Waals surface area (Å²) < 4.78 is 18.2. The van der Waals surface area contributed by atoms with Gasteiger partial charge in [0.1, 0.15) is 11.5 Å². The van der Waals surface area contributed by atoms with E-state index in [1.807, 2.05) is 0 Å². The molecule has 2 N–H and O–H groups in total. The first-order valence-corrected chi connectivity index (χ1v) is 8.09. The molecule has 0 aliphatic rings. The number of hydrogen-bond acceptors (Lipinski definition) is 5. The van der Waals surface area contributed by atoms with Crippen LogP contribution in [0.15, 0.2) is 47.1 Å². The lowest BCUT2D eigenvalue weighted by atomic mass is 10.1. The number of carbonyl (C=O) groups is 1. The van der Waals surface area contributed by atoms with Crippen LogP contribution in [0.1, 0.15) is 27.0 Å². The highest BCUT2D eigenvalue weighted by molar-refractivity contribution is 7.15. The Morgan fingerprint density at radius 1 is 1.38 bits per heavy atom. The van der Waals surface area contributed by atoms with Gasteiger partial charge in [-0.15, -0.1) is 11.3 Å². The van der Waals surface area contributed by atoms with Crippen LogP contribution in [0, 0.1) is 12.7 Å². The summed E-state index contributed by atoms with van der Waals surface area (Å²) in [5.74, 6) is -0.144. The van der Waals surface area contributed by atoms with Crippen LogP contribution in [0.4, 0.5) is 4.39 Å². The number of rotatable bonds is 5. The second kappa shape index (κ2) is 6.94. The van der Waals surface area contributed by atoms with Gasteiger partial charge in [-0.3, -0.25) is 4.79 Å². The highest BCUT2D eigenvalue weighted by atomic mass is 32.1. The fourth-order valence-corrected chi connectivity index (χ4v) is 3.07. The van der Waals surface area contributed by atoms with E-state index in [4.69, 9.17) is 4.42 Å². The Hall–Kier alpha value is -2.51. The van der Waals surface area contributed by atoms with Gasteiger partial charge in [0.05, 0.1) is 12.4 Å². The van der Waals surface area contributed by atoms with Crippen molar-refractivity contribution in [3.63, 3.8) is 0 Å². The van der Waals surface area contributed by atoms with Gasteiger partial charge in [-0.25, -0.2) is 9.37 Å². The van der Waals surface area contributed by atoms with Crippen LogP contribution in [0.25, 0.3) is 10.8 Å². The number of furan rings is 1. The monoisotopic (exact) mass is 346 g/mol. The van der Waals surface area contributed by atoms with Gasteiger partial charge < -0.3 is 14.8 Å². The molecule has 7 heteroatoms. The summed E-state index contributed by atoms with van der Waals surface area (Å²) in [7, 11) is 0. The molecular formula is C17H15FN2O3S. The van der Waals surface area contributed by atoms with E-state index in [2.05, 4.69) is 10.3 Å². The number of aliphatic hydroxyl groups excluding tert-OH is 1. The van der Waals surface area contributed by atoms with Crippen molar-refractivity contribution in [3.8, 4) is 10.8 Å². The third kappa shape index (κ3) is 3.52. The summed E-state index contributed by atoms with van der Waals surface area (Å²) in [5, 5.41) is 13.3. The third-order valence-electron chi connectivity index (χ3n) is 3.45. The smallest absolute Gasteiger partial charge is 0.271 e. The molecule has 2 heterocycles. The maximum absolute atomic E-state index is 12.9. The van der Waals surface area contributed by atoms with Crippen molar-refractivity contribution in [2.75, 3.05) is 6.54 Å². The van der Waals surface area contributed by atoms with Crippen LogP contribution in [-0.4, -0.2) is 22.5 Å². The molecule has 1 amide bonds. The zero-order valence-corrected chi connectivity index (χ0v) is 13.6. The fourth-order valence-electron chi connectivity index (χ4n) is 2.19. The maximum Gasteiger partial charge on any atom is 0.271 e. The first kappa shape index (κ1) is 16.4.